The average Bonchev–Trinajstić information content (AvgIpc) is 3.30. The van der Waals surface area contributed by atoms with Crippen molar-refractivity contribution in [3.05, 3.63) is 92.9 Å². The number of morpholine rings is 1. The van der Waals surface area contributed by atoms with E-state index in [0.29, 0.717) is 64.7 Å². The first-order valence-electron chi connectivity index (χ1n) is 12.0. The van der Waals surface area contributed by atoms with Gasteiger partial charge in [0, 0.05) is 47.0 Å². The topological polar surface area (TPSA) is 81.5 Å². The SMILES string of the molecule is Cc1nc(C(F)(F)F)cc2c1cc(Cc1c(Cl)ccc(C(=O)N3CCOCC3)c1Cl)n2-c1ccccc1.O=S=O. The normalized spacial score (nSPS) is 13.6. The van der Waals surface area contributed by atoms with Gasteiger partial charge in [0.2, 0.25) is 0 Å². The molecule has 0 aliphatic carbocycles. The van der Waals surface area contributed by atoms with Crippen LogP contribution in [0, 0.1) is 6.92 Å². The number of aromatic nitrogens is 2. The van der Waals surface area contributed by atoms with Crippen molar-refractivity contribution in [3.63, 3.8) is 0 Å². The Hall–Kier alpha value is -3.25. The van der Waals surface area contributed by atoms with Gasteiger partial charge >= 0.3 is 17.7 Å². The van der Waals surface area contributed by atoms with E-state index in [-0.39, 0.29) is 23.0 Å². The molecule has 1 aliphatic rings. The number of fused-ring (bicyclic) bond motifs is 1. The number of alkyl halides is 3. The van der Waals surface area contributed by atoms with Crippen LogP contribution in [-0.4, -0.2) is 55.1 Å². The largest absolute Gasteiger partial charge is 0.433 e. The first-order valence-corrected chi connectivity index (χ1v) is 13.4. The van der Waals surface area contributed by atoms with E-state index in [1.54, 1.807) is 34.6 Å². The Labute approximate surface area is 241 Å². The number of rotatable bonds is 4. The Balaban J connectivity index is 0.00000118. The Morgan fingerprint density at radius 1 is 1.05 bits per heavy atom. The predicted octanol–water partition coefficient (Wildman–Crippen LogP) is 6.05. The van der Waals surface area contributed by atoms with Crippen LogP contribution in [0.25, 0.3) is 16.6 Å². The molecule has 0 N–H and O–H groups in total. The highest BCUT2D eigenvalue weighted by Gasteiger charge is 2.34. The molecule has 1 fully saturated rings. The molecule has 0 atom stereocenters. The molecule has 0 bridgehead atoms. The van der Waals surface area contributed by atoms with Crippen LogP contribution in [0.15, 0.2) is 54.6 Å². The van der Waals surface area contributed by atoms with Crippen molar-refractivity contribution in [1.82, 2.24) is 14.5 Å². The van der Waals surface area contributed by atoms with Crippen molar-refractivity contribution in [1.29, 1.82) is 0 Å². The molecule has 7 nitrogen and oxygen atoms in total. The van der Waals surface area contributed by atoms with E-state index >= 15 is 0 Å². The minimum atomic E-state index is -4.59. The summed E-state index contributed by atoms with van der Waals surface area (Å²) in [5.74, 6) is -0.218. The number of hydrogen-bond donors (Lipinski definition) is 0. The quantitative estimate of drug-likeness (QED) is 0.280. The van der Waals surface area contributed by atoms with Gasteiger partial charge in [0.1, 0.15) is 5.69 Å². The number of nitrogens with zero attached hydrogens (tertiary/aromatic N) is 3. The highest BCUT2D eigenvalue weighted by Crippen LogP contribution is 2.36. The standard InChI is InChI=1S/C27H22Cl2F3N3O2.O2S/c1-16-20-13-18(35(17-5-3-2-4-6-17)23(20)15-24(33-16)27(30,31)32)14-21-22(28)8-7-19(25(21)29)26(36)34-9-11-37-12-10-34;1-3-2/h2-8,13,15H,9-12,14H2,1H3;. The second kappa shape index (κ2) is 12.5. The fourth-order valence-electron chi connectivity index (χ4n) is 4.62. The Morgan fingerprint density at radius 2 is 1.70 bits per heavy atom. The van der Waals surface area contributed by atoms with Gasteiger partial charge in [-0.25, -0.2) is 4.98 Å². The molecule has 1 aliphatic heterocycles. The van der Waals surface area contributed by atoms with Gasteiger partial charge in [-0.1, -0.05) is 41.4 Å². The highest BCUT2D eigenvalue weighted by molar-refractivity contribution is 7.51. The molecule has 0 spiro atoms. The number of ether oxygens (including phenoxy) is 1. The number of amides is 1. The molecular formula is C27H22Cl2F3N3O4S. The minimum absolute atomic E-state index is 0.187. The summed E-state index contributed by atoms with van der Waals surface area (Å²) < 4.78 is 64.5. The van der Waals surface area contributed by atoms with Gasteiger partial charge in [-0.15, -0.1) is 0 Å². The maximum atomic E-state index is 13.6. The van der Waals surface area contributed by atoms with Gasteiger partial charge in [-0.3, -0.25) is 4.79 Å². The van der Waals surface area contributed by atoms with Gasteiger partial charge in [-0.2, -0.15) is 21.6 Å². The maximum absolute atomic E-state index is 13.6. The lowest BCUT2D eigenvalue weighted by Crippen LogP contribution is -2.40. The summed E-state index contributed by atoms with van der Waals surface area (Å²) in [4.78, 5) is 18.6. The summed E-state index contributed by atoms with van der Waals surface area (Å²) in [5.41, 5.74) is 1.84. The van der Waals surface area contributed by atoms with Crippen LogP contribution in [0.4, 0.5) is 13.2 Å². The van der Waals surface area contributed by atoms with Crippen molar-refractivity contribution in [3.8, 4) is 5.69 Å². The van der Waals surface area contributed by atoms with Gasteiger partial charge in [0.25, 0.3) is 5.91 Å². The molecule has 1 saturated heterocycles. The van der Waals surface area contributed by atoms with E-state index in [9.17, 15) is 18.0 Å². The first-order chi connectivity index (χ1) is 19.1. The highest BCUT2D eigenvalue weighted by atomic mass is 35.5. The predicted molar refractivity (Wildman–Crippen MR) is 146 cm³/mol. The van der Waals surface area contributed by atoms with Crippen molar-refractivity contribution in [2.45, 2.75) is 19.5 Å². The molecule has 3 heterocycles. The zero-order valence-electron chi connectivity index (χ0n) is 21.0. The number of carbonyl (C=O) groups is 1. The van der Waals surface area contributed by atoms with Crippen molar-refractivity contribution in [2.75, 3.05) is 26.3 Å². The molecule has 210 valence electrons. The van der Waals surface area contributed by atoms with Crippen LogP contribution < -0.4 is 0 Å². The molecule has 0 unspecified atom stereocenters. The number of halogens is 5. The Bertz CT molecular complexity index is 1580. The molecule has 2 aromatic heterocycles. The first kappa shape index (κ1) is 29.7. The number of pyridine rings is 1. The lowest BCUT2D eigenvalue weighted by Gasteiger charge is -2.27. The number of carbonyl (C=O) groups excluding carboxylic acids is 1. The van der Waals surface area contributed by atoms with Gasteiger partial charge in [0.15, 0.2) is 0 Å². The summed E-state index contributed by atoms with van der Waals surface area (Å²) in [6.07, 6.45) is -4.40. The molecule has 0 radical (unpaired) electrons. The van der Waals surface area contributed by atoms with Crippen LogP contribution in [0.1, 0.15) is 33.0 Å². The fraction of sp³-hybridized carbons (Fsp3) is 0.259. The average molecular weight is 612 g/mol. The van der Waals surface area contributed by atoms with E-state index in [0.717, 1.165) is 6.07 Å². The summed E-state index contributed by atoms with van der Waals surface area (Å²) in [7, 11) is 0. The summed E-state index contributed by atoms with van der Waals surface area (Å²) in [5, 5.41) is 1.17. The number of benzene rings is 2. The lowest BCUT2D eigenvalue weighted by atomic mass is 10.0. The van der Waals surface area contributed by atoms with E-state index in [1.807, 2.05) is 30.3 Å². The molecule has 40 heavy (non-hydrogen) atoms. The smallest absolute Gasteiger partial charge is 0.378 e. The molecule has 1 amide bonds. The van der Waals surface area contributed by atoms with Crippen molar-refractivity contribution >= 4 is 51.6 Å². The summed E-state index contributed by atoms with van der Waals surface area (Å²) in [6.45, 7) is 3.38. The fourth-order valence-corrected chi connectivity index (χ4v) is 5.20. The van der Waals surface area contributed by atoms with E-state index in [2.05, 4.69) is 4.98 Å². The number of hydrogen-bond acceptors (Lipinski definition) is 5. The minimum Gasteiger partial charge on any atom is -0.378 e. The molecule has 4 aromatic rings. The second-order valence-electron chi connectivity index (χ2n) is 8.87. The van der Waals surface area contributed by atoms with Gasteiger partial charge in [-0.05, 0) is 48.9 Å². The van der Waals surface area contributed by atoms with Crippen LogP contribution in [-0.2, 0) is 28.9 Å². The second-order valence-corrected chi connectivity index (χ2v) is 9.79. The summed E-state index contributed by atoms with van der Waals surface area (Å²) >= 11 is 12.6. The van der Waals surface area contributed by atoms with Crippen LogP contribution >= 0.6 is 23.2 Å². The number of aryl methyl sites for hydroxylation is 1. The van der Waals surface area contributed by atoms with Crippen molar-refractivity contribution < 1.29 is 31.1 Å². The van der Waals surface area contributed by atoms with Gasteiger partial charge in [0.05, 0.1) is 29.3 Å². The van der Waals surface area contributed by atoms with E-state index in [4.69, 9.17) is 36.4 Å². The Morgan fingerprint density at radius 3 is 2.33 bits per heavy atom. The van der Waals surface area contributed by atoms with Crippen LogP contribution in [0.3, 0.4) is 0 Å². The number of para-hydroxylation sites is 1. The third-order valence-electron chi connectivity index (χ3n) is 6.44. The van der Waals surface area contributed by atoms with Crippen LogP contribution in [0.5, 0.6) is 0 Å². The maximum Gasteiger partial charge on any atom is 0.433 e. The zero-order chi connectivity index (χ0) is 29.0. The third-order valence-corrected chi connectivity index (χ3v) is 7.23. The lowest BCUT2D eigenvalue weighted by molar-refractivity contribution is -0.141. The molecule has 5 rings (SSSR count). The van der Waals surface area contributed by atoms with Crippen molar-refractivity contribution in [2.24, 2.45) is 0 Å². The third kappa shape index (κ3) is 6.22. The van der Waals surface area contributed by atoms with E-state index < -0.39 is 23.4 Å². The summed E-state index contributed by atoms with van der Waals surface area (Å²) in [6, 6.07) is 15.2. The zero-order valence-corrected chi connectivity index (χ0v) is 23.3. The molecule has 13 heteroatoms. The molecule has 0 saturated carbocycles. The molecule has 2 aromatic carbocycles. The monoisotopic (exact) mass is 611 g/mol. The van der Waals surface area contributed by atoms with Gasteiger partial charge < -0.3 is 14.2 Å². The van der Waals surface area contributed by atoms with E-state index in [1.165, 1.54) is 0 Å². The Kier molecular flexibility index (Phi) is 9.29. The van der Waals surface area contributed by atoms with Crippen LogP contribution in [0.2, 0.25) is 10.0 Å². The molecular weight excluding hydrogens is 590 g/mol.